The molecule has 1 atom stereocenters. The predicted octanol–water partition coefficient (Wildman–Crippen LogP) is 1.92. The monoisotopic (exact) mass is 320 g/mol. The van der Waals surface area contributed by atoms with Gasteiger partial charge in [0.2, 0.25) is 5.91 Å². The molecule has 3 rings (SSSR count). The van der Waals surface area contributed by atoms with E-state index in [0.29, 0.717) is 6.61 Å². The quantitative estimate of drug-likeness (QED) is 0.842. The predicted molar refractivity (Wildman–Crippen MR) is 89.1 cm³/mol. The Kier molecular flexibility index (Phi) is 5.39. The van der Waals surface area contributed by atoms with Crippen molar-refractivity contribution < 1.29 is 9.53 Å². The number of thioether (sulfide) groups is 1. The van der Waals surface area contributed by atoms with Crippen LogP contribution in [-0.4, -0.2) is 49.9 Å². The first kappa shape index (κ1) is 15.8. The molecule has 1 aromatic carbocycles. The third-order valence-electron chi connectivity index (χ3n) is 4.53. The Morgan fingerprint density at radius 2 is 2.36 bits per heavy atom. The zero-order valence-electron chi connectivity index (χ0n) is 13.1. The third kappa shape index (κ3) is 3.83. The Labute approximate surface area is 136 Å². The molecular weight excluding hydrogens is 296 g/mol. The van der Waals surface area contributed by atoms with Crippen molar-refractivity contribution in [2.45, 2.75) is 24.3 Å². The molecule has 0 bridgehead atoms. The summed E-state index contributed by atoms with van der Waals surface area (Å²) in [5, 5.41) is 3.05. The summed E-state index contributed by atoms with van der Waals surface area (Å²) in [4.78, 5) is 15.7. The van der Waals surface area contributed by atoms with Crippen molar-refractivity contribution in [2.75, 3.05) is 39.1 Å². The Balaban J connectivity index is 1.46. The van der Waals surface area contributed by atoms with Gasteiger partial charge in [-0.05, 0) is 42.4 Å². The zero-order valence-corrected chi connectivity index (χ0v) is 14.0. The van der Waals surface area contributed by atoms with Gasteiger partial charge in [0, 0.05) is 37.7 Å². The average molecular weight is 320 g/mol. The van der Waals surface area contributed by atoms with Gasteiger partial charge in [-0.15, -0.1) is 11.8 Å². The van der Waals surface area contributed by atoms with E-state index in [1.165, 1.54) is 16.0 Å². The molecule has 1 unspecified atom stereocenters. The number of nitrogens with zero attached hydrogens (tertiary/aromatic N) is 1. The lowest BCUT2D eigenvalue weighted by Gasteiger charge is -2.29. The lowest BCUT2D eigenvalue weighted by atomic mass is 10.00. The Hall–Kier alpha value is -1.04. The molecule has 0 aliphatic carbocycles. The summed E-state index contributed by atoms with van der Waals surface area (Å²) in [6.07, 6.45) is 4.08. The van der Waals surface area contributed by atoms with Crippen LogP contribution in [0.25, 0.3) is 0 Å². The second kappa shape index (κ2) is 7.49. The Bertz CT molecular complexity index is 529. The molecule has 120 valence electrons. The SMILES string of the molecule is CSc1ccc2c(c1)CN(CCNC(=O)C1CCOC1)CC2. The van der Waals surface area contributed by atoms with Crippen molar-refractivity contribution >= 4 is 17.7 Å². The van der Waals surface area contributed by atoms with Crippen molar-refractivity contribution in [3.8, 4) is 0 Å². The lowest BCUT2D eigenvalue weighted by molar-refractivity contribution is -0.125. The number of carbonyl (C=O) groups is 1. The molecule has 0 radical (unpaired) electrons. The van der Waals surface area contributed by atoms with E-state index < -0.39 is 0 Å². The van der Waals surface area contributed by atoms with Crippen LogP contribution in [0.1, 0.15) is 17.5 Å². The summed E-state index contributed by atoms with van der Waals surface area (Å²) in [6, 6.07) is 6.78. The lowest BCUT2D eigenvalue weighted by Crippen LogP contribution is -2.39. The molecule has 5 heteroatoms. The zero-order chi connectivity index (χ0) is 15.4. The second-order valence-electron chi connectivity index (χ2n) is 6.01. The number of fused-ring (bicyclic) bond motifs is 1. The van der Waals surface area contributed by atoms with Gasteiger partial charge in [-0.2, -0.15) is 0 Å². The molecular formula is C17H24N2O2S. The maximum Gasteiger partial charge on any atom is 0.225 e. The van der Waals surface area contributed by atoms with Gasteiger partial charge in [0.15, 0.2) is 0 Å². The molecule has 22 heavy (non-hydrogen) atoms. The molecule has 0 aromatic heterocycles. The number of ether oxygens (including phenoxy) is 1. The Morgan fingerprint density at radius 3 is 3.14 bits per heavy atom. The highest BCUT2D eigenvalue weighted by Crippen LogP contribution is 2.24. The normalized spacial score (nSPS) is 21.6. The highest BCUT2D eigenvalue weighted by atomic mass is 32.2. The van der Waals surface area contributed by atoms with Crippen molar-refractivity contribution in [1.82, 2.24) is 10.2 Å². The molecule has 4 nitrogen and oxygen atoms in total. The highest BCUT2D eigenvalue weighted by Gasteiger charge is 2.23. The summed E-state index contributed by atoms with van der Waals surface area (Å²) in [7, 11) is 0. The van der Waals surface area contributed by atoms with Crippen LogP contribution in [0.4, 0.5) is 0 Å². The van der Waals surface area contributed by atoms with Crippen LogP contribution in [0, 0.1) is 5.92 Å². The van der Waals surface area contributed by atoms with Crippen LogP contribution in [0.2, 0.25) is 0 Å². The van der Waals surface area contributed by atoms with E-state index in [2.05, 4.69) is 34.7 Å². The Morgan fingerprint density at radius 1 is 1.45 bits per heavy atom. The van der Waals surface area contributed by atoms with E-state index in [0.717, 1.165) is 45.6 Å². The fourth-order valence-corrected chi connectivity index (χ4v) is 3.60. The van der Waals surface area contributed by atoms with Crippen LogP contribution >= 0.6 is 11.8 Å². The van der Waals surface area contributed by atoms with Crippen LogP contribution in [0.3, 0.4) is 0 Å². The first-order valence-electron chi connectivity index (χ1n) is 8.00. The van der Waals surface area contributed by atoms with E-state index in [1.54, 1.807) is 11.8 Å². The van der Waals surface area contributed by atoms with Gasteiger partial charge in [-0.3, -0.25) is 9.69 Å². The van der Waals surface area contributed by atoms with Crippen LogP contribution < -0.4 is 5.32 Å². The minimum atomic E-state index is 0.0613. The molecule has 2 aliphatic rings. The number of hydrogen-bond acceptors (Lipinski definition) is 4. The van der Waals surface area contributed by atoms with E-state index in [-0.39, 0.29) is 11.8 Å². The number of amides is 1. The van der Waals surface area contributed by atoms with E-state index in [1.807, 2.05) is 0 Å². The molecule has 2 aliphatic heterocycles. The molecule has 1 aromatic rings. The fraction of sp³-hybridized carbons (Fsp3) is 0.588. The maximum atomic E-state index is 12.0. The third-order valence-corrected chi connectivity index (χ3v) is 5.26. The van der Waals surface area contributed by atoms with Crippen molar-refractivity contribution in [3.63, 3.8) is 0 Å². The van der Waals surface area contributed by atoms with Crippen LogP contribution in [0.5, 0.6) is 0 Å². The summed E-state index contributed by atoms with van der Waals surface area (Å²) in [5.41, 5.74) is 2.91. The number of rotatable bonds is 5. The highest BCUT2D eigenvalue weighted by molar-refractivity contribution is 7.98. The van der Waals surface area contributed by atoms with Crippen LogP contribution in [0.15, 0.2) is 23.1 Å². The van der Waals surface area contributed by atoms with Crippen molar-refractivity contribution in [3.05, 3.63) is 29.3 Å². The van der Waals surface area contributed by atoms with Crippen molar-refractivity contribution in [2.24, 2.45) is 5.92 Å². The first-order valence-corrected chi connectivity index (χ1v) is 9.22. The molecule has 0 spiro atoms. The summed E-state index contributed by atoms with van der Waals surface area (Å²) >= 11 is 1.79. The molecule has 2 heterocycles. The summed E-state index contributed by atoms with van der Waals surface area (Å²) in [6.45, 7) is 5.02. The maximum absolute atomic E-state index is 12.0. The minimum absolute atomic E-state index is 0.0613. The van der Waals surface area contributed by atoms with Gasteiger partial charge in [-0.1, -0.05) is 6.07 Å². The van der Waals surface area contributed by atoms with E-state index in [4.69, 9.17) is 4.74 Å². The van der Waals surface area contributed by atoms with E-state index >= 15 is 0 Å². The molecule has 0 saturated carbocycles. The van der Waals surface area contributed by atoms with Gasteiger partial charge in [0.05, 0.1) is 12.5 Å². The summed E-state index contributed by atoms with van der Waals surface area (Å²) < 4.78 is 5.26. The molecule has 1 amide bonds. The molecule has 1 saturated heterocycles. The topological polar surface area (TPSA) is 41.6 Å². The number of carbonyl (C=O) groups excluding carboxylic acids is 1. The fourth-order valence-electron chi connectivity index (χ4n) is 3.13. The van der Waals surface area contributed by atoms with Crippen LogP contribution in [-0.2, 0) is 22.5 Å². The number of hydrogen-bond donors (Lipinski definition) is 1. The summed E-state index contributed by atoms with van der Waals surface area (Å²) in [5.74, 6) is 0.214. The average Bonchev–Trinajstić information content (AvgIpc) is 3.08. The van der Waals surface area contributed by atoms with Gasteiger partial charge in [0.1, 0.15) is 0 Å². The van der Waals surface area contributed by atoms with Gasteiger partial charge >= 0.3 is 0 Å². The number of nitrogens with one attached hydrogen (secondary N) is 1. The number of benzene rings is 1. The van der Waals surface area contributed by atoms with Gasteiger partial charge in [0.25, 0.3) is 0 Å². The van der Waals surface area contributed by atoms with Crippen molar-refractivity contribution in [1.29, 1.82) is 0 Å². The van der Waals surface area contributed by atoms with E-state index in [9.17, 15) is 4.79 Å². The standard InChI is InChI=1S/C17H24N2O2S/c1-22-16-3-2-13-4-7-19(11-15(13)10-16)8-6-18-17(20)14-5-9-21-12-14/h2-3,10,14H,4-9,11-12H2,1H3,(H,18,20). The first-order chi connectivity index (χ1) is 10.8. The van der Waals surface area contributed by atoms with Gasteiger partial charge < -0.3 is 10.1 Å². The largest absolute Gasteiger partial charge is 0.381 e. The smallest absolute Gasteiger partial charge is 0.225 e. The molecule has 1 N–H and O–H groups in total. The second-order valence-corrected chi connectivity index (χ2v) is 6.89. The molecule has 1 fully saturated rings. The van der Waals surface area contributed by atoms with Gasteiger partial charge in [-0.25, -0.2) is 0 Å². The minimum Gasteiger partial charge on any atom is -0.381 e.